The van der Waals surface area contributed by atoms with Crippen molar-refractivity contribution in [2.24, 2.45) is 11.8 Å². The summed E-state index contributed by atoms with van der Waals surface area (Å²) in [6.45, 7) is 10.1. The van der Waals surface area contributed by atoms with Crippen LogP contribution in [0.3, 0.4) is 0 Å². The molecule has 9 rings (SSSR count). The number of nitrogens with one attached hydrogen (secondary N) is 3. The summed E-state index contributed by atoms with van der Waals surface area (Å²) in [5.74, 6) is -0.767. The summed E-state index contributed by atoms with van der Waals surface area (Å²) in [6, 6.07) is 21.6. The molecule has 4 saturated heterocycles. The van der Waals surface area contributed by atoms with Gasteiger partial charge in [0.1, 0.15) is 5.82 Å². The highest BCUT2D eigenvalue weighted by atomic mass is 19.1. The van der Waals surface area contributed by atoms with Gasteiger partial charge in [-0.2, -0.15) is 5.10 Å². The fraction of sp³-hybridized carbons (Fsp3) is 0.455. The number of anilines is 1. The standard InChI is InChI=1S/C55H66FN11O6/c1-3-37-7-6-8-41(27-37)42-31-48(59-49(68)34-57-32-40-13-16-62(2)50(69)30-40)52(58-33-42)55(73)67-21-19-64(20-22-67)35-38-14-17-63(18-15-38)36-51(70)65-23-25-66(26-24-65)54(72)45-28-39(11-12-46(45)56)29-47-43-9-4-5-10-44(43)53(71)61-60-47/h4-12,27-28,31,33,38,40,57H,3,13-26,29-30,32,34-36H2,1-2H3,(H,59,68)(H,61,71). The number of rotatable bonds is 15. The summed E-state index contributed by atoms with van der Waals surface area (Å²) in [5, 5.41) is 14.2. The number of carbonyl (C=O) groups excluding carboxylic acids is 5. The fourth-order valence-corrected chi connectivity index (χ4v) is 10.6. The van der Waals surface area contributed by atoms with E-state index in [0.717, 1.165) is 69.5 Å². The molecule has 1 unspecified atom stereocenters. The van der Waals surface area contributed by atoms with Crippen LogP contribution in [0.5, 0.6) is 0 Å². The Hall–Kier alpha value is -6.89. The molecule has 0 aliphatic carbocycles. The summed E-state index contributed by atoms with van der Waals surface area (Å²) in [6.07, 6.45) is 6.14. The minimum Gasteiger partial charge on any atom is -0.346 e. The molecule has 0 bridgehead atoms. The zero-order valence-corrected chi connectivity index (χ0v) is 41.9. The number of hydrogen-bond acceptors (Lipinski definition) is 11. The lowest BCUT2D eigenvalue weighted by Gasteiger charge is -2.39. The van der Waals surface area contributed by atoms with E-state index in [2.05, 4.69) is 54.7 Å². The van der Waals surface area contributed by atoms with Crippen molar-refractivity contribution >= 4 is 46.0 Å². The van der Waals surface area contributed by atoms with Crippen LogP contribution in [0.4, 0.5) is 10.1 Å². The molecule has 3 N–H and O–H groups in total. The first-order valence-electron chi connectivity index (χ1n) is 25.8. The molecule has 1 atom stereocenters. The van der Waals surface area contributed by atoms with E-state index >= 15 is 4.39 Å². The number of aromatic amines is 1. The van der Waals surface area contributed by atoms with E-state index < -0.39 is 11.7 Å². The molecule has 17 nitrogen and oxygen atoms in total. The van der Waals surface area contributed by atoms with E-state index in [4.69, 9.17) is 0 Å². The van der Waals surface area contributed by atoms with Gasteiger partial charge in [0.25, 0.3) is 17.4 Å². The van der Waals surface area contributed by atoms with Gasteiger partial charge >= 0.3 is 0 Å². The second-order valence-corrected chi connectivity index (χ2v) is 20.0. The van der Waals surface area contributed by atoms with Gasteiger partial charge in [-0.15, -0.1) is 0 Å². The molecule has 4 aliphatic rings. The van der Waals surface area contributed by atoms with Gasteiger partial charge in [-0.25, -0.2) is 14.5 Å². The Bertz CT molecular complexity index is 2890. The van der Waals surface area contributed by atoms with Crippen molar-refractivity contribution in [2.75, 3.05) is 111 Å². The van der Waals surface area contributed by atoms with Crippen molar-refractivity contribution in [3.8, 4) is 11.1 Å². The van der Waals surface area contributed by atoms with Crippen LogP contribution in [0.1, 0.15) is 70.3 Å². The third kappa shape index (κ3) is 12.5. The number of likely N-dealkylation sites (tertiary alicyclic amines) is 2. The first-order chi connectivity index (χ1) is 35.4. The molecule has 2 aromatic heterocycles. The number of carbonyl (C=O) groups is 5. The molecule has 18 heteroatoms. The van der Waals surface area contributed by atoms with Crippen molar-refractivity contribution in [2.45, 2.75) is 45.4 Å². The summed E-state index contributed by atoms with van der Waals surface area (Å²) in [5.41, 5.74) is 4.50. The minimum atomic E-state index is -0.613. The zero-order valence-electron chi connectivity index (χ0n) is 41.9. The Balaban J connectivity index is 0.718. The largest absolute Gasteiger partial charge is 0.346 e. The first kappa shape index (κ1) is 51.0. The van der Waals surface area contributed by atoms with Crippen molar-refractivity contribution in [3.05, 3.63) is 123 Å². The van der Waals surface area contributed by atoms with Crippen molar-refractivity contribution in [1.29, 1.82) is 0 Å². The normalized spacial score (nSPS) is 18.3. The van der Waals surface area contributed by atoms with Crippen molar-refractivity contribution in [3.63, 3.8) is 0 Å². The van der Waals surface area contributed by atoms with Crippen LogP contribution in [0.25, 0.3) is 21.9 Å². The average molecular weight is 996 g/mol. The lowest BCUT2D eigenvalue weighted by Crippen LogP contribution is -2.53. The number of piperazine rings is 2. The van der Waals surface area contributed by atoms with Crippen LogP contribution in [-0.2, 0) is 27.2 Å². The van der Waals surface area contributed by atoms with Gasteiger partial charge in [0.15, 0.2) is 5.69 Å². The lowest BCUT2D eigenvalue weighted by atomic mass is 9.96. The minimum absolute atomic E-state index is 0.0242. The average Bonchev–Trinajstić information content (AvgIpc) is 3.41. The molecule has 73 heavy (non-hydrogen) atoms. The smallest absolute Gasteiger partial charge is 0.274 e. The number of piperidine rings is 2. The highest BCUT2D eigenvalue weighted by molar-refractivity contribution is 6.03. The number of pyridine rings is 1. The van der Waals surface area contributed by atoms with E-state index in [1.54, 1.807) is 45.2 Å². The number of aromatic nitrogens is 3. The molecule has 4 aliphatic heterocycles. The van der Waals surface area contributed by atoms with Gasteiger partial charge in [-0.1, -0.05) is 55.5 Å². The Labute approximate surface area is 425 Å². The third-order valence-corrected chi connectivity index (χ3v) is 15.1. The summed E-state index contributed by atoms with van der Waals surface area (Å²) in [7, 11) is 1.81. The Morgan fingerprint density at radius 3 is 2.19 bits per heavy atom. The lowest BCUT2D eigenvalue weighted by molar-refractivity contribution is -0.134. The molecular weight excluding hydrogens is 930 g/mol. The highest BCUT2D eigenvalue weighted by Crippen LogP contribution is 2.28. The highest BCUT2D eigenvalue weighted by Gasteiger charge is 2.31. The van der Waals surface area contributed by atoms with Crippen LogP contribution in [0.2, 0.25) is 0 Å². The molecular formula is C55H66FN11O6. The van der Waals surface area contributed by atoms with Crippen molar-refractivity contribution < 1.29 is 28.4 Å². The van der Waals surface area contributed by atoms with Crippen LogP contribution in [0.15, 0.2) is 83.8 Å². The Morgan fingerprint density at radius 2 is 1.44 bits per heavy atom. The van der Waals surface area contributed by atoms with E-state index in [9.17, 15) is 28.8 Å². The molecule has 4 fully saturated rings. The molecule has 0 spiro atoms. The molecule has 5 aromatic rings. The number of fused-ring (bicyclic) bond motifs is 1. The van der Waals surface area contributed by atoms with E-state index in [1.165, 1.54) is 11.6 Å². The maximum Gasteiger partial charge on any atom is 0.274 e. The van der Waals surface area contributed by atoms with Crippen LogP contribution < -0.4 is 16.2 Å². The topological polar surface area (TPSA) is 187 Å². The quantitative estimate of drug-likeness (QED) is 0.137. The summed E-state index contributed by atoms with van der Waals surface area (Å²) in [4.78, 5) is 95.3. The van der Waals surface area contributed by atoms with E-state index in [-0.39, 0.29) is 52.9 Å². The molecule has 384 valence electrons. The van der Waals surface area contributed by atoms with Gasteiger partial charge in [-0.05, 0) is 98.1 Å². The molecule has 0 saturated carbocycles. The SMILES string of the molecule is CCc1cccc(-c2cnc(C(=O)N3CCN(CC4CCN(CC(=O)N5CCN(C(=O)c6cc(Cc7n[nH]c(=O)c8ccccc78)ccc6F)CC5)CC4)CC3)c(NC(=O)CNCC3CCN(C)C(=O)C3)c2)c1. The van der Waals surface area contributed by atoms with Crippen molar-refractivity contribution in [1.82, 2.24) is 49.9 Å². The maximum absolute atomic E-state index is 15.1. The number of H-pyrrole nitrogens is 1. The second kappa shape index (κ2) is 23.3. The molecule has 0 radical (unpaired) electrons. The fourth-order valence-electron chi connectivity index (χ4n) is 10.6. The monoisotopic (exact) mass is 996 g/mol. The van der Waals surface area contributed by atoms with Gasteiger partial charge in [0.2, 0.25) is 17.7 Å². The molecule has 3 aromatic carbocycles. The maximum atomic E-state index is 15.1. The number of halogens is 1. The number of nitrogens with zero attached hydrogens (tertiary/aromatic N) is 8. The predicted molar refractivity (Wildman–Crippen MR) is 276 cm³/mol. The van der Waals surface area contributed by atoms with Crippen LogP contribution in [-0.4, -0.2) is 179 Å². The number of hydrogen-bond donors (Lipinski definition) is 3. The number of amides is 5. The van der Waals surface area contributed by atoms with Crippen LogP contribution >= 0.6 is 0 Å². The van der Waals surface area contributed by atoms with Gasteiger partial charge in [-0.3, -0.25) is 38.6 Å². The number of aryl methyl sites for hydroxylation is 1. The third-order valence-electron chi connectivity index (χ3n) is 15.1. The van der Waals surface area contributed by atoms with Gasteiger partial charge in [0, 0.05) is 102 Å². The summed E-state index contributed by atoms with van der Waals surface area (Å²) < 4.78 is 15.1. The molecule has 6 heterocycles. The Morgan fingerprint density at radius 1 is 0.726 bits per heavy atom. The molecule has 5 amide bonds. The Kier molecular flexibility index (Phi) is 16.3. The van der Waals surface area contributed by atoms with E-state index in [0.29, 0.717) is 105 Å². The van der Waals surface area contributed by atoms with Crippen LogP contribution in [0, 0.1) is 17.7 Å². The predicted octanol–water partition coefficient (Wildman–Crippen LogP) is 4.13. The van der Waals surface area contributed by atoms with Gasteiger partial charge < -0.3 is 30.2 Å². The number of benzene rings is 3. The first-order valence-corrected chi connectivity index (χ1v) is 25.8. The summed E-state index contributed by atoms with van der Waals surface area (Å²) >= 11 is 0. The second-order valence-electron chi connectivity index (χ2n) is 20.0. The van der Waals surface area contributed by atoms with E-state index in [1.807, 2.05) is 42.3 Å². The van der Waals surface area contributed by atoms with Gasteiger partial charge in [0.05, 0.1) is 35.4 Å². The zero-order chi connectivity index (χ0) is 51.0.